The van der Waals surface area contributed by atoms with Crippen molar-refractivity contribution in [2.75, 3.05) is 0 Å². The zero-order valence-electron chi connectivity index (χ0n) is 6.16. The van der Waals surface area contributed by atoms with Gasteiger partial charge in [-0.15, -0.1) is 0 Å². The molecule has 0 aliphatic heterocycles. The Balaban J connectivity index is 3.27. The number of hydrogen-bond acceptors (Lipinski definition) is 3. The van der Waals surface area contributed by atoms with Gasteiger partial charge in [-0.05, 0) is 6.07 Å². The number of hydrogen-bond donors (Lipinski definition) is 0. The monoisotopic (exact) mass is 187 g/mol. The first kappa shape index (κ1) is 9.24. The number of rotatable bonds is 2. The van der Waals surface area contributed by atoms with Crippen LogP contribution in [0.3, 0.4) is 0 Å². The largest absolute Gasteiger partial charge is 0.335 e. The number of nitro groups is 1. The summed E-state index contributed by atoms with van der Waals surface area (Å²) in [5.41, 5.74) is -1.45. The molecule has 0 spiro atoms. The van der Waals surface area contributed by atoms with Crippen molar-refractivity contribution < 1.29 is 18.5 Å². The minimum absolute atomic E-state index is 0.526. The maximum absolute atomic E-state index is 12.6. The van der Waals surface area contributed by atoms with Crippen LogP contribution in [-0.4, -0.2) is 11.0 Å². The van der Waals surface area contributed by atoms with Crippen molar-refractivity contribution in [1.29, 1.82) is 0 Å². The molecule has 0 saturated heterocycles. The second-order valence-corrected chi connectivity index (χ2v) is 2.19. The van der Waals surface area contributed by atoms with E-state index in [-0.39, 0.29) is 0 Å². The Kier molecular flexibility index (Phi) is 2.32. The topological polar surface area (TPSA) is 60.2 Å². The number of carbonyl (C=O) groups is 1. The summed E-state index contributed by atoms with van der Waals surface area (Å²) < 4.78 is 24.6. The molecule has 13 heavy (non-hydrogen) atoms. The summed E-state index contributed by atoms with van der Waals surface area (Å²) in [7, 11) is 0. The fourth-order valence-electron chi connectivity index (χ4n) is 0.777. The maximum atomic E-state index is 12.6. The van der Waals surface area contributed by atoms with E-state index in [4.69, 9.17) is 0 Å². The van der Waals surface area contributed by atoms with Crippen molar-refractivity contribution in [2.24, 2.45) is 0 Å². The molecule has 0 N–H and O–H groups in total. The van der Waals surface area contributed by atoms with Crippen LogP contribution in [0.2, 0.25) is 0 Å². The summed E-state index contributed by atoms with van der Waals surface area (Å²) in [6.45, 7) is 0. The molecule has 0 aliphatic rings. The Morgan fingerprint density at radius 1 is 1.46 bits per heavy atom. The Labute approximate surface area is 70.9 Å². The highest BCUT2D eigenvalue weighted by Gasteiger charge is 2.15. The molecule has 1 rings (SSSR count). The molecular formula is C7H3F2NO3. The Bertz CT molecular complexity index is 378. The van der Waals surface area contributed by atoms with Crippen LogP contribution in [0.4, 0.5) is 14.5 Å². The SMILES string of the molecule is O=C(F)c1cc([N+](=O)[O-])ccc1F. The van der Waals surface area contributed by atoms with E-state index in [0.717, 1.165) is 6.07 Å². The molecule has 0 radical (unpaired) electrons. The second kappa shape index (κ2) is 3.26. The zero-order valence-corrected chi connectivity index (χ0v) is 6.16. The lowest BCUT2D eigenvalue weighted by Crippen LogP contribution is -1.97. The molecule has 1 aromatic carbocycles. The van der Waals surface area contributed by atoms with Gasteiger partial charge in [-0.25, -0.2) is 4.39 Å². The Morgan fingerprint density at radius 2 is 2.08 bits per heavy atom. The van der Waals surface area contributed by atoms with Crippen molar-refractivity contribution >= 4 is 11.7 Å². The van der Waals surface area contributed by atoms with Crippen LogP contribution in [-0.2, 0) is 0 Å². The summed E-state index contributed by atoms with van der Waals surface area (Å²) in [4.78, 5) is 19.4. The van der Waals surface area contributed by atoms with Crippen LogP contribution >= 0.6 is 0 Å². The van der Waals surface area contributed by atoms with Gasteiger partial charge in [-0.2, -0.15) is 4.39 Å². The molecule has 0 heterocycles. The second-order valence-electron chi connectivity index (χ2n) is 2.19. The smallest absolute Gasteiger partial charge is 0.258 e. The Morgan fingerprint density at radius 3 is 2.54 bits per heavy atom. The fraction of sp³-hybridized carbons (Fsp3) is 0. The molecule has 0 amide bonds. The Hall–Kier alpha value is -1.85. The summed E-state index contributed by atoms with van der Waals surface area (Å²) in [6, 6.07) is 0.0471. The van der Waals surface area contributed by atoms with Gasteiger partial charge in [0, 0.05) is 12.1 Å². The minimum atomic E-state index is -2.03. The molecule has 6 heteroatoms. The number of non-ortho nitro benzene ring substituents is 1. The zero-order chi connectivity index (χ0) is 10.0. The predicted octanol–water partition coefficient (Wildman–Crippen LogP) is 1.84. The van der Waals surface area contributed by atoms with Gasteiger partial charge in [0.05, 0.1) is 10.5 Å². The molecule has 1 aromatic rings. The van der Waals surface area contributed by atoms with E-state index in [1.165, 1.54) is 0 Å². The molecule has 0 fully saturated rings. The minimum Gasteiger partial charge on any atom is -0.258 e. The van der Waals surface area contributed by atoms with Gasteiger partial charge in [0.1, 0.15) is 5.82 Å². The van der Waals surface area contributed by atoms with Crippen LogP contribution in [0.1, 0.15) is 10.4 Å². The van der Waals surface area contributed by atoms with Crippen LogP contribution in [0, 0.1) is 15.9 Å². The van der Waals surface area contributed by atoms with Crippen molar-refractivity contribution in [1.82, 2.24) is 0 Å². The van der Waals surface area contributed by atoms with E-state index in [1.54, 1.807) is 0 Å². The van der Waals surface area contributed by atoms with E-state index in [0.29, 0.717) is 12.1 Å². The fourth-order valence-corrected chi connectivity index (χ4v) is 0.777. The third kappa shape index (κ3) is 1.84. The molecule has 0 aromatic heterocycles. The highest BCUT2D eigenvalue weighted by Crippen LogP contribution is 2.17. The third-order valence-electron chi connectivity index (χ3n) is 1.37. The number of nitro benzene ring substituents is 1. The van der Waals surface area contributed by atoms with Crippen molar-refractivity contribution in [3.63, 3.8) is 0 Å². The van der Waals surface area contributed by atoms with Gasteiger partial charge in [-0.3, -0.25) is 14.9 Å². The van der Waals surface area contributed by atoms with Crippen molar-refractivity contribution in [3.05, 3.63) is 39.7 Å². The van der Waals surface area contributed by atoms with Crippen LogP contribution in [0.5, 0.6) is 0 Å². The van der Waals surface area contributed by atoms with Gasteiger partial charge in [-0.1, -0.05) is 0 Å². The predicted molar refractivity (Wildman–Crippen MR) is 38.5 cm³/mol. The molecular weight excluding hydrogens is 184 g/mol. The van der Waals surface area contributed by atoms with Crippen LogP contribution in [0.25, 0.3) is 0 Å². The highest BCUT2D eigenvalue weighted by atomic mass is 19.1. The van der Waals surface area contributed by atoms with E-state index < -0.39 is 28.0 Å². The lowest BCUT2D eigenvalue weighted by Gasteiger charge is -1.95. The van der Waals surface area contributed by atoms with Gasteiger partial charge in [0.15, 0.2) is 0 Å². The summed E-state index contributed by atoms with van der Waals surface area (Å²) in [5, 5.41) is 10.1. The van der Waals surface area contributed by atoms with Crippen LogP contribution < -0.4 is 0 Å². The first-order chi connectivity index (χ1) is 6.02. The molecule has 0 bridgehead atoms. The summed E-state index contributed by atoms with van der Waals surface area (Å²) >= 11 is 0. The third-order valence-corrected chi connectivity index (χ3v) is 1.37. The average molecular weight is 187 g/mol. The number of benzene rings is 1. The van der Waals surface area contributed by atoms with Crippen molar-refractivity contribution in [2.45, 2.75) is 0 Å². The number of carbonyl (C=O) groups excluding carboxylic acids is 1. The van der Waals surface area contributed by atoms with Crippen molar-refractivity contribution in [3.8, 4) is 0 Å². The van der Waals surface area contributed by atoms with Gasteiger partial charge in [0.25, 0.3) is 5.69 Å². The van der Waals surface area contributed by atoms with E-state index in [1.807, 2.05) is 0 Å². The average Bonchev–Trinajstić information content (AvgIpc) is 2.04. The van der Waals surface area contributed by atoms with Gasteiger partial charge in [0.2, 0.25) is 0 Å². The first-order valence-electron chi connectivity index (χ1n) is 3.16. The standard InChI is InChI=1S/C7H3F2NO3/c8-6-2-1-4(10(12)13)3-5(6)7(9)11/h1-3H. The molecule has 0 atom stereocenters. The molecule has 68 valence electrons. The molecule has 0 saturated carbocycles. The van der Waals surface area contributed by atoms with E-state index in [2.05, 4.69) is 0 Å². The van der Waals surface area contributed by atoms with Gasteiger partial charge < -0.3 is 0 Å². The van der Waals surface area contributed by atoms with E-state index in [9.17, 15) is 23.7 Å². The summed E-state index contributed by atoms with van der Waals surface area (Å²) in [6.07, 6.45) is 0. The number of halogens is 2. The maximum Gasteiger partial charge on any atom is 0.335 e. The molecule has 0 unspecified atom stereocenters. The first-order valence-corrected chi connectivity index (χ1v) is 3.16. The quantitative estimate of drug-likeness (QED) is 0.403. The number of nitrogens with zero attached hydrogens (tertiary/aromatic N) is 1. The highest BCUT2D eigenvalue weighted by molar-refractivity contribution is 5.89. The van der Waals surface area contributed by atoms with Crippen LogP contribution in [0.15, 0.2) is 18.2 Å². The lowest BCUT2D eigenvalue weighted by atomic mass is 10.2. The van der Waals surface area contributed by atoms with E-state index >= 15 is 0 Å². The van der Waals surface area contributed by atoms with Gasteiger partial charge >= 0.3 is 6.04 Å². The lowest BCUT2D eigenvalue weighted by molar-refractivity contribution is -0.384. The summed E-state index contributed by atoms with van der Waals surface area (Å²) in [5.74, 6) is -1.11. The normalized spacial score (nSPS) is 9.69. The molecule has 4 nitrogen and oxygen atoms in total. The molecule has 0 aliphatic carbocycles.